The predicted octanol–water partition coefficient (Wildman–Crippen LogP) is -4.38. The van der Waals surface area contributed by atoms with Crippen molar-refractivity contribution in [3.8, 4) is 39.1 Å². The largest absolute Gasteiger partial charge is 0.375 e. The van der Waals surface area contributed by atoms with E-state index in [-0.39, 0.29) is 5.41 Å². The van der Waals surface area contributed by atoms with Gasteiger partial charge in [0.2, 0.25) is 0 Å². The number of rotatable bonds is 5. The second-order valence-electron chi connectivity index (χ2n) is 19.3. The molecule has 1 heterocycles. The molecular formula is C48H46B10N2O2. The zero-order valence-electron chi connectivity index (χ0n) is 38.2. The standard InChI is InChI=1S/C48H46B10N2O2/c1-46(2)36-33(34-37(46)42(53)44(55)43(54)40(34)51)39(50)41(52)35(38(36)49)32-25-15-7-5-13-23(25)31(24-14-6-8-16-26(24)32)27-19-20-29(22-12-4-3-11-21(22)27)60-30-18-10-9-17-28(30)59-45(60)47(56,57)48(58,61)62/h3-20,61-62H,49-58H2,1-2H3. The maximum absolute atomic E-state index is 11.1. The van der Waals surface area contributed by atoms with E-state index in [4.69, 9.17) is 4.98 Å². The van der Waals surface area contributed by atoms with E-state index in [1.54, 1.807) is 0 Å². The number of hydrogen-bond donors (Lipinski definition) is 2. The molecule has 0 saturated heterocycles. The fourth-order valence-electron chi connectivity index (χ4n) is 11.4. The average Bonchev–Trinajstić information content (AvgIpc) is 3.76. The molecular weight excluding hydrogens is 745 g/mol. The third-order valence-corrected chi connectivity index (χ3v) is 15.4. The number of fused-ring (bicyclic) bond motifs is 7. The van der Waals surface area contributed by atoms with Crippen molar-refractivity contribution in [1.82, 2.24) is 9.55 Å². The first-order valence-corrected chi connectivity index (χ1v) is 22.0. The summed E-state index contributed by atoms with van der Waals surface area (Å²) in [4.78, 5) is 5.06. The van der Waals surface area contributed by atoms with Crippen LogP contribution in [0.15, 0.2) is 109 Å². The monoisotopic (exact) mass is 792 g/mol. The number of aromatic nitrogens is 2. The van der Waals surface area contributed by atoms with Gasteiger partial charge in [0.25, 0.3) is 0 Å². The molecule has 0 unspecified atom stereocenters. The molecule has 290 valence electrons. The van der Waals surface area contributed by atoms with E-state index < -0.39 is 10.9 Å². The summed E-state index contributed by atoms with van der Waals surface area (Å²) < 4.78 is 2.12. The van der Waals surface area contributed by atoms with Gasteiger partial charge in [-0.05, 0) is 89.6 Å². The van der Waals surface area contributed by atoms with E-state index in [0.29, 0.717) is 5.82 Å². The highest BCUT2D eigenvalue weighted by Crippen LogP contribution is 2.49. The topological polar surface area (TPSA) is 58.3 Å². The molecule has 0 fully saturated rings. The number of hydrogen-bond acceptors (Lipinski definition) is 3. The van der Waals surface area contributed by atoms with Crippen molar-refractivity contribution in [1.29, 1.82) is 0 Å². The van der Waals surface area contributed by atoms with Crippen LogP contribution in [0.25, 0.3) is 82.4 Å². The molecule has 0 saturated carbocycles. The number of para-hydroxylation sites is 2. The lowest BCUT2D eigenvalue weighted by molar-refractivity contribution is -0.100. The van der Waals surface area contributed by atoms with Gasteiger partial charge in [0.05, 0.1) is 16.7 Å². The van der Waals surface area contributed by atoms with Gasteiger partial charge < -0.3 is 10.2 Å². The number of nitrogens with zero attached hydrogens (tertiary/aromatic N) is 2. The van der Waals surface area contributed by atoms with Crippen molar-refractivity contribution in [2.75, 3.05) is 0 Å². The van der Waals surface area contributed by atoms with Crippen LogP contribution in [0.1, 0.15) is 30.8 Å². The van der Waals surface area contributed by atoms with Crippen molar-refractivity contribution < 1.29 is 10.2 Å². The molecule has 8 aromatic carbocycles. The Bertz CT molecular complexity index is 3390. The van der Waals surface area contributed by atoms with Crippen molar-refractivity contribution in [2.45, 2.75) is 30.2 Å². The van der Waals surface area contributed by atoms with Gasteiger partial charge in [0.1, 0.15) is 82.1 Å². The third kappa shape index (κ3) is 5.38. The highest BCUT2D eigenvalue weighted by Gasteiger charge is 2.44. The highest BCUT2D eigenvalue weighted by molar-refractivity contribution is 6.65. The van der Waals surface area contributed by atoms with Gasteiger partial charge in [-0.1, -0.05) is 132 Å². The van der Waals surface area contributed by atoms with Crippen molar-refractivity contribution >= 4 is 160 Å². The maximum Gasteiger partial charge on any atom is 0.177 e. The van der Waals surface area contributed by atoms with Gasteiger partial charge in [-0.3, -0.25) is 4.57 Å². The molecule has 0 radical (unpaired) electrons. The molecule has 0 bridgehead atoms. The Morgan fingerprint density at radius 1 is 0.468 bits per heavy atom. The normalized spacial score (nSPS) is 13.6. The molecule has 0 atom stereocenters. The predicted molar refractivity (Wildman–Crippen MR) is 294 cm³/mol. The summed E-state index contributed by atoms with van der Waals surface area (Å²) in [5.74, 6) is 0.585. The van der Waals surface area contributed by atoms with E-state index >= 15 is 0 Å². The SMILES string of the molecule is Bc1c(B)c(B)c2c(c1B)-c1c(B)c(B)c(-c3c4ccccc4c(-c4ccc(-n5c(C(B)(B)C(B)(O)O)nc6ccccc65)c5ccccc45)c4ccccc34)c(B)c1C2(C)C. The first-order chi connectivity index (χ1) is 29.4. The van der Waals surface area contributed by atoms with Gasteiger partial charge in [0, 0.05) is 16.0 Å². The molecule has 10 rings (SSSR count). The summed E-state index contributed by atoms with van der Waals surface area (Å²) in [5, 5.41) is 28.2. The highest BCUT2D eigenvalue weighted by atomic mass is 16.5. The Balaban J connectivity index is 1.28. The molecule has 4 nitrogen and oxygen atoms in total. The van der Waals surface area contributed by atoms with Crippen LogP contribution in [0.5, 0.6) is 0 Å². The van der Waals surface area contributed by atoms with Gasteiger partial charge in [-0.25, -0.2) is 4.98 Å². The van der Waals surface area contributed by atoms with Crippen LogP contribution in [0.2, 0.25) is 0 Å². The van der Waals surface area contributed by atoms with Crippen LogP contribution in [0, 0.1) is 0 Å². The number of imidazole rings is 1. The van der Waals surface area contributed by atoms with Crippen LogP contribution in [-0.2, 0) is 10.6 Å². The lowest BCUT2D eigenvalue weighted by atomic mass is 9.45. The summed E-state index contributed by atoms with van der Waals surface area (Å²) in [6.07, 6.45) is 0. The summed E-state index contributed by atoms with van der Waals surface area (Å²) in [6.45, 7) is 4.89. The summed E-state index contributed by atoms with van der Waals surface area (Å²) in [6, 6.07) is 39.1. The van der Waals surface area contributed by atoms with E-state index in [1.807, 2.05) is 33.9 Å². The van der Waals surface area contributed by atoms with Crippen molar-refractivity contribution in [3.63, 3.8) is 0 Å². The van der Waals surface area contributed by atoms with E-state index in [1.165, 1.54) is 107 Å². The van der Waals surface area contributed by atoms with Crippen LogP contribution >= 0.6 is 0 Å². The fraction of sp³-hybridized carbons (Fsp3) is 0.104. The Morgan fingerprint density at radius 2 is 0.919 bits per heavy atom. The van der Waals surface area contributed by atoms with Crippen LogP contribution < -0.4 is 38.2 Å². The van der Waals surface area contributed by atoms with Crippen LogP contribution in [0.4, 0.5) is 0 Å². The van der Waals surface area contributed by atoms with Gasteiger partial charge in [-0.2, -0.15) is 0 Å². The zero-order chi connectivity index (χ0) is 43.9. The van der Waals surface area contributed by atoms with Gasteiger partial charge in [-0.15, -0.1) is 10.9 Å². The number of aliphatic hydroxyl groups is 2. The molecule has 2 N–H and O–H groups in total. The first-order valence-electron chi connectivity index (χ1n) is 22.0. The minimum absolute atomic E-state index is 0.163. The molecule has 0 aliphatic heterocycles. The second-order valence-corrected chi connectivity index (χ2v) is 19.3. The third-order valence-electron chi connectivity index (χ3n) is 15.4. The van der Waals surface area contributed by atoms with Gasteiger partial charge in [0.15, 0.2) is 7.85 Å². The molecule has 9 aromatic rings. The second kappa shape index (κ2) is 13.8. The van der Waals surface area contributed by atoms with E-state index in [9.17, 15) is 10.2 Å². The van der Waals surface area contributed by atoms with Crippen molar-refractivity contribution in [3.05, 3.63) is 126 Å². The van der Waals surface area contributed by atoms with Crippen LogP contribution in [0.3, 0.4) is 0 Å². The van der Waals surface area contributed by atoms with E-state index in [2.05, 4.69) is 164 Å². The lowest BCUT2D eigenvalue weighted by Crippen LogP contribution is -2.54. The quantitative estimate of drug-likeness (QED) is 0.105. The van der Waals surface area contributed by atoms with E-state index in [0.717, 1.165) is 33.1 Å². The van der Waals surface area contributed by atoms with Crippen molar-refractivity contribution in [2.24, 2.45) is 0 Å². The Labute approximate surface area is 373 Å². The molecule has 1 aliphatic carbocycles. The molecule has 62 heavy (non-hydrogen) atoms. The molecule has 1 aliphatic rings. The number of benzene rings is 8. The summed E-state index contributed by atoms with van der Waals surface area (Å²) >= 11 is 0. The van der Waals surface area contributed by atoms with Crippen LogP contribution in [-0.4, -0.2) is 104 Å². The molecule has 0 spiro atoms. The molecule has 0 amide bonds. The molecule has 1 aromatic heterocycles. The zero-order valence-corrected chi connectivity index (χ0v) is 38.2. The Hall–Kier alpha value is -5.42. The average molecular weight is 791 g/mol. The lowest BCUT2D eigenvalue weighted by Gasteiger charge is -2.36. The first kappa shape index (κ1) is 40.6. The summed E-state index contributed by atoms with van der Waals surface area (Å²) in [5.41, 5.74) is 21.0. The molecule has 14 heteroatoms. The fourth-order valence-corrected chi connectivity index (χ4v) is 11.4. The minimum atomic E-state index is -2.02. The van der Waals surface area contributed by atoms with Gasteiger partial charge >= 0.3 is 0 Å². The maximum atomic E-state index is 11.1. The summed E-state index contributed by atoms with van der Waals surface area (Å²) in [7, 11) is 21.5. The minimum Gasteiger partial charge on any atom is -0.375 e. The Morgan fingerprint density at radius 3 is 1.50 bits per heavy atom. The smallest absolute Gasteiger partial charge is 0.177 e. The Kier molecular flexibility index (Phi) is 9.04.